The lowest BCUT2D eigenvalue weighted by Crippen LogP contribution is -2.43. The van der Waals surface area contributed by atoms with E-state index in [0.29, 0.717) is 0 Å². The highest BCUT2D eigenvalue weighted by molar-refractivity contribution is 6.07. The molecule has 1 aromatic rings. The van der Waals surface area contributed by atoms with Gasteiger partial charge in [0.2, 0.25) is 5.91 Å². The molecule has 1 amide bonds. The monoisotopic (exact) mass is 259 g/mol. The largest absolute Gasteiger partial charge is 0.378 e. The van der Waals surface area contributed by atoms with E-state index in [1.807, 2.05) is 6.07 Å². The number of fused-ring (bicyclic) bond motifs is 2. The maximum absolute atomic E-state index is 12.3. The number of pyridine rings is 1. The minimum Gasteiger partial charge on any atom is -0.378 e. The summed E-state index contributed by atoms with van der Waals surface area (Å²) in [6.45, 7) is 3.29. The van der Waals surface area contributed by atoms with Gasteiger partial charge < -0.3 is 15.0 Å². The number of anilines is 2. The lowest BCUT2D eigenvalue weighted by Gasteiger charge is -2.39. The fourth-order valence-corrected chi connectivity index (χ4v) is 3.43. The lowest BCUT2D eigenvalue weighted by molar-refractivity contribution is -0.123. The molecule has 0 bridgehead atoms. The van der Waals surface area contributed by atoms with Crippen molar-refractivity contribution in [3.05, 3.63) is 17.8 Å². The number of nitrogens with zero attached hydrogens (tertiary/aromatic N) is 2. The molecule has 0 aromatic carbocycles. The summed E-state index contributed by atoms with van der Waals surface area (Å²) in [7, 11) is 0. The van der Waals surface area contributed by atoms with E-state index in [1.165, 1.54) is 5.69 Å². The van der Waals surface area contributed by atoms with Gasteiger partial charge in [0.25, 0.3) is 0 Å². The molecule has 1 N–H and O–H groups in total. The topological polar surface area (TPSA) is 54.5 Å². The molecule has 19 heavy (non-hydrogen) atoms. The molecule has 0 atom stereocenters. The second kappa shape index (κ2) is 3.93. The molecule has 0 unspecified atom stereocenters. The lowest BCUT2D eigenvalue weighted by atomic mass is 9.65. The van der Waals surface area contributed by atoms with Gasteiger partial charge in [-0.25, -0.2) is 4.98 Å². The van der Waals surface area contributed by atoms with Gasteiger partial charge in [0.05, 0.1) is 18.6 Å². The second-order valence-electron chi connectivity index (χ2n) is 5.54. The van der Waals surface area contributed by atoms with Crippen LogP contribution in [0.15, 0.2) is 12.3 Å². The first-order valence-corrected chi connectivity index (χ1v) is 6.95. The SMILES string of the molecule is O=C1Nc2nccc(N3CCOCC3)c2C12CCC2. The number of carbonyl (C=O) groups excluding carboxylic acids is 1. The van der Waals surface area contributed by atoms with Crippen LogP contribution in [-0.2, 0) is 14.9 Å². The third-order valence-electron chi connectivity index (χ3n) is 4.63. The number of rotatable bonds is 1. The molecule has 1 saturated heterocycles. The van der Waals surface area contributed by atoms with E-state index in [9.17, 15) is 4.79 Å². The van der Waals surface area contributed by atoms with Gasteiger partial charge in [-0.2, -0.15) is 0 Å². The van der Waals surface area contributed by atoms with Crippen molar-refractivity contribution >= 4 is 17.4 Å². The summed E-state index contributed by atoms with van der Waals surface area (Å²) < 4.78 is 5.41. The van der Waals surface area contributed by atoms with Gasteiger partial charge in [-0.1, -0.05) is 6.42 Å². The summed E-state index contributed by atoms with van der Waals surface area (Å²) in [6, 6.07) is 2.05. The summed E-state index contributed by atoms with van der Waals surface area (Å²) in [6.07, 6.45) is 4.83. The molecule has 100 valence electrons. The van der Waals surface area contributed by atoms with E-state index in [4.69, 9.17) is 4.74 Å². The molecule has 4 rings (SSSR count). The van der Waals surface area contributed by atoms with Gasteiger partial charge in [0.15, 0.2) is 0 Å². The quantitative estimate of drug-likeness (QED) is 0.825. The first-order valence-electron chi connectivity index (χ1n) is 6.95. The number of hydrogen-bond acceptors (Lipinski definition) is 4. The van der Waals surface area contributed by atoms with Crippen molar-refractivity contribution in [2.24, 2.45) is 0 Å². The summed E-state index contributed by atoms with van der Waals surface area (Å²) >= 11 is 0. The minimum atomic E-state index is -0.294. The standard InChI is InChI=1S/C14H17N3O2/c18-13-14(3-1-4-14)11-10(2-5-15-12(11)16-13)17-6-8-19-9-7-17/h2,5H,1,3-4,6-9H2,(H,15,16,18). The van der Waals surface area contributed by atoms with Gasteiger partial charge >= 0.3 is 0 Å². The zero-order chi connectivity index (χ0) is 12.9. The van der Waals surface area contributed by atoms with Gasteiger partial charge in [-0.05, 0) is 18.9 Å². The Morgan fingerprint density at radius 3 is 2.79 bits per heavy atom. The Morgan fingerprint density at radius 1 is 1.32 bits per heavy atom. The van der Waals surface area contributed by atoms with Crippen molar-refractivity contribution in [2.75, 3.05) is 36.5 Å². The van der Waals surface area contributed by atoms with Crippen LogP contribution in [0.25, 0.3) is 0 Å². The molecule has 3 aliphatic rings. The van der Waals surface area contributed by atoms with Crippen molar-refractivity contribution in [3.63, 3.8) is 0 Å². The fourth-order valence-electron chi connectivity index (χ4n) is 3.43. The van der Waals surface area contributed by atoms with Gasteiger partial charge in [0.1, 0.15) is 5.82 Å². The molecule has 5 nitrogen and oxygen atoms in total. The number of carbonyl (C=O) groups is 1. The van der Waals surface area contributed by atoms with Crippen LogP contribution in [0.1, 0.15) is 24.8 Å². The Labute approximate surface area is 112 Å². The van der Waals surface area contributed by atoms with Crippen LogP contribution in [0.4, 0.5) is 11.5 Å². The number of hydrogen-bond donors (Lipinski definition) is 1. The van der Waals surface area contributed by atoms with Crippen molar-refractivity contribution < 1.29 is 9.53 Å². The molecule has 1 aromatic heterocycles. The first-order chi connectivity index (χ1) is 9.31. The molecular formula is C14H17N3O2. The Balaban J connectivity index is 1.81. The van der Waals surface area contributed by atoms with E-state index in [1.54, 1.807) is 6.20 Å². The highest BCUT2D eigenvalue weighted by atomic mass is 16.5. The number of nitrogens with one attached hydrogen (secondary N) is 1. The van der Waals surface area contributed by atoms with Crippen LogP contribution in [0, 0.1) is 0 Å². The highest BCUT2D eigenvalue weighted by Crippen LogP contribution is 2.53. The van der Waals surface area contributed by atoms with Crippen LogP contribution >= 0.6 is 0 Å². The maximum atomic E-state index is 12.3. The first kappa shape index (κ1) is 11.2. The highest BCUT2D eigenvalue weighted by Gasteiger charge is 2.53. The van der Waals surface area contributed by atoms with Crippen molar-refractivity contribution in [1.82, 2.24) is 4.98 Å². The third kappa shape index (κ3) is 1.45. The average Bonchev–Trinajstić information content (AvgIpc) is 2.71. The van der Waals surface area contributed by atoms with E-state index in [2.05, 4.69) is 15.2 Å². The normalized spacial score (nSPS) is 24.0. The Kier molecular flexibility index (Phi) is 2.33. The van der Waals surface area contributed by atoms with E-state index >= 15 is 0 Å². The zero-order valence-electron chi connectivity index (χ0n) is 10.8. The minimum absolute atomic E-state index is 0.141. The van der Waals surface area contributed by atoms with Crippen LogP contribution < -0.4 is 10.2 Å². The second-order valence-corrected chi connectivity index (χ2v) is 5.54. The molecule has 2 fully saturated rings. The molecular weight excluding hydrogens is 242 g/mol. The number of amides is 1. The third-order valence-corrected chi connectivity index (χ3v) is 4.63. The number of ether oxygens (including phenoxy) is 1. The Hall–Kier alpha value is -1.62. The summed E-state index contributed by atoms with van der Waals surface area (Å²) in [4.78, 5) is 19.0. The Bertz CT molecular complexity index is 533. The van der Waals surface area contributed by atoms with Gasteiger partial charge in [-0.15, -0.1) is 0 Å². The molecule has 3 heterocycles. The summed E-state index contributed by atoms with van der Waals surface area (Å²) in [5.41, 5.74) is 2.01. The molecule has 2 aliphatic heterocycles. The maximum Gasteiger partial charge on any atom is 0.236 e. The predicted octanol–water partition coefficient (Wildman–Crippen LogP) is 1.29. The molecule has 1 spiro atoms. The van der Waals surface area contributed by atoms with E-state index < -0.39 is 0 Å². The molecule has 5 heteroatoms. The predicted molar refractivity (Wildman–Crippen MR) is 71.4 cm³/mol. The van der Waals surface area contributed by atoms with Crippen molar-refractivity contribution in [3.8, 4) is 0 Å². The smallest absolute Gasteiger partial charge is 0.236 e. The summed E-state index contributed by atoms with van der Waals surface area (Å²) in [5.74, 6) is 0.913. The number of morpholine rings is 1. The average molecular weight is 259 g/mol. The molecule has 0 radical (unpaired) electrons. The van der Waals surface area contributed by atoms with Crippen LogP contribution in [0.3, 0.4) is 0 Å². The molecule has 1 aliphatic carbocycles. The van der Waals surface area contributed by atoms with E-state index in [-0.39, 0.29) is 11.3 Å². The van der Waals surface area contributed by atoms with Crippen LogP contribution in [0.5, 0.6) is 0 Å². The zero-order valence-corrected chi connectivity index (χ0v) is 10.8. The summed E-state index contributed by atoms with van der Waals surface area (Å²) in [5, 5.41) is 2.96. The van der Waals surface area contributed by atoms with Gasteiger partial charge in [-0.3, -0.25) is 4.79 Å². The molecule has 1 saturated carbocycles. The van der Waals surface area contributed by atoms with E-state index in [0.717, 1.165) is 56.9 Å². The fraction of sp³-hybridized carbons (Fsp3) is 0.571. The van der Waals surface area contributed by atoms with Crippen molar-refractivity contribution in [2.45, 2.75) is 24.7 Å². The van der Waals surface area contributed by atoms with Crippen molar-refractivity contribution in [1.29, 1.82) is 0 Å². The van der Waals surface area contributed by atoms with Gasteiger partial charge in [0, 0.05) is 30.5 Å². The Morgan fingerprint density at radius 2 is 2.11 bits per heavy atom. The van der Waals surface area contributed by atoms with Crippen LogP contribution in [-0.4, -0.2) is 37.2 Å². The number of aromatic nitrogens is 1. The van der Waals surface area contributed by atoms with Crippen LogP contribution in [0.2, 0.25) is 0 Å².